The van der Waals surface area contributed by atoms with Gasteiger partial charge in [0, 0.05) is 31.6 Å². The highest BCUT2D eigenvalue weighted by Crippen LogP contribution is 2.08. The molecular weight excluding hydrogens is 240 g/mol. The van der Waals surface area contributed by atoms with Gasteiger partial charge in [0.25, 0.3) is 5.91 Å². The summed E-state index contributed by atoms with van der Waals surface area (Å²) in [7, 11) is 1.75. The van der Waals surface area contributed by atoms with E-state index in [2.05, 4.69) is 4.98 Å². The molecule has 0 unspecified atom stereocenters. The molecule has 1 amide bonds. The van der Waals surface area contributed by atoms with Gasteiger partial charge in [0.1, 0.15) is 11.5 Å². The number of ketones is 1. The minimum Gasteiger partial charge on any atom is -0.338 e. The van der Waals surface area contributed by atoms with Gasteiger partial charge in [0.05, 0.1) is 0 Å². The number of rotatable bonds is 5. The number of carbonyl (C=O) groups excluding carboxylic acids is 2. The molecule has 0 aliphatic heterocycles. The van der Waals surface area contributed by atoms with E-state index in [9.17, 15) is 9.59 Å². The molecular formula is C15H22N2O2. The number of Topliss-reactive ketones (excluding diaryl/α,β-unsaturated/α-hetero) is 1. The molecule has 0 aromatic carbocycles. The Labute approximate surface area is 114 Å². The van der Waals surface area contributed by atoms with Gasteiger partial charge in [0.15, 0.2) is 0 Å². The van der Waals surface area contributed by atoms with E-state index >= 15 is 0 Å². The van der Waals surface area contributed by atoms with Gasteiger partial charge in [-0.1, -0.05) is 19.9 Å². The van der Waals surface area contributed by atoms with Crippen LogP contribution in [0.5, 0.6) is 0 Å². The predicted octanol–water partition coefficient (Wildman–Crippen LogP) is 2.33. The van der Waals surface area contributed by atoms with Gasteiger partial charge in [-0.15, -0.1) is 0 Å². The lowest BCUT2D eigenvalue weighted by Crippen LogP contribution is -2.33. The Morgan fingerprint density at radius 2 is 1.84 bits per heavy atom. The average molecular weight is 262 g/mol. The highest BCUT2D eigenvalue weighted by atomic mass is 16.2. The van der Waals surface area contributed by atoms with Crippen LogP contribution in [0.4, 0.5) is 0 Å². The van der Waals surface area contributed by atoms with Gasteiger partial charge < -0.3 is 4.90 Å². The summed E-state index contributed by atoms with van der Waals surface area (Å²) in [5, 5.41) is 0. The summed E-state index contributed by atoms with van der Waals surface area (Å²) >= 11 is 0. The number of pyridine rings is 1. The number of nitrogens with zero attached hydrogens (tertiary/aromatic N) is 2. The minimum atomic E-state index is -0.100. The maximum atomic E-state index is 12.0. The Kier molecular flexibility index (Phi) is 5.21. The summed E-state index contributed by atoms with van der Waals surface area (Å²) in [5.41, 5.74) is 1.26. The molecule has 0 spiro atoms. The van der Waals surface area contributed by atoms with Crippen molar-refractivity contribution in [1.29, 1.82) is 0 Å². The third-order valence-corrected chi connectivity index (χ3v) is 3.16. The second-order valence-electron chi connectivity index (χ2n) is 5.36. The molecule has 4 heteroatoms. The largest absolute Gasteiger partial charge is 0.338 e. The normalized spacial score (nSPS) is 10.9. The quantitative estimate of drug-likeness (QED) is 0.818. The summed E-state index contributed by atoms with van der Waals surface area (Å²) in [6.07, 6.45) is 1.99. The molecule has 0 aliphatic rings. The SMILES string of the molecule is CC(C)C(=O)Cc1ccc(C(=O)N(C)C(C)C)nc1. The molecule has 0 radical (unpaired) electrons. The van der Waals surface area contributed by atoms with E-state index in [1.165, 1.54) is 0 Å². The molecule has 0 saturated carbocycles. The first-order valence-corrected chi connectivity index (χ1v) is 6.57. The van der Waals surface area contributed by atoms with Crippen molar-refractivity contribution < 1.29 is 9.59 Å². The molecule has 0 saturated heterocycles. The fraction of sp³-hybridized carbons (Fsp3) is 0.533. The Hall–Kier alpha value is -1.71. The minimum absolute atomic E-state index is 0.0217. The first-order chi connectivity index (χ1) is 8.82. The topological polar surface area (TPSA) is 50.3 Å². The molecule has 0 fully saturated rings. The summed E-state index contributed by atoms with van der Waals surface area (Å²) < 4.78 is 0. The van der Waals surface area contributed by atoms with Crippen LogP contribution in [0.1, 0.15) is 43.7 Å². The van der Waals surface area contributed by atoms with Crippen LogP contribution < -0.4 is 0 Å². The highest BCUT2D eigenvalue weighted by Gasteiger charge is 2.16. The monoisotopic (exact) mass is 262 g/mol. The number of hydrogen-bond donors (Lipinski definition) is 0. The molecule has 0 aliphatic carbocycles. The van der Waals surface area contributed by atoms with Crippen LogP contribution in [0, 0.1) is 5.92 Å². The maximum Gasteiger partial charge on any atom is 0.272 e. The summed E-state index contributed by atoms with van der Waals surface area (Å²) in [4.78, 5) is 29.4. The fourth-order valence-electron chi connectivity index (χ4n) is 1.48. The summed E-state index contributed by atoms with van der Waals surface area (Å²) in [5.74, 6) is 0.102. The molecule has 104 valence electrons. The van der Waals surface area contributed by atoms with Crippen LogP contribution in [0.3, 0.4) is 0 Å². The van der Waals surface area contributed by atoms with Crippen LogP contribution in [-0.2, 0) is 11.2 Å². The average Bonchev–Trinajstić information content (AvgIpc) is 2.37. The standard InChI is InChI=1S/C15H22N2O2/c1-10(2)14(18)8-12-6-7-13(16-9-12)15(19)17(5)11(3)4/h6-7,9-11H,8H2,1-5H3. The molecule has 1 rings (SSSR count). The smallest absolute Gasteiger partial charge is 0.272 e. The van der Waals surface area contributed by atoms with Crippen LogP contribution in [-0.4, -0.2) is 34.7 Å². The second-order valence-corrected chi connectivity index (χ2v) is 5.36. The number of hydrogen-bond acceptors (Lipinski definition) is 3. The zero-order valence-electron chi connectivity index (χ0n) is 12.3. The summed E-state index contributed by atoms with van der Waals surface area (Å²) in [6.45, 7) is 7.66. The molecule has 0 N–H and O–H groups in total. The van der Waals surface area contributed by atoms with Crippen LogP contribution >= 0.6 is 0 Å². The lowest BCUT2D eigenvalue weighted by Gasteiger charge is -2.20. The van der Waals surface area contributed by atoms with Gasteiger partial charge in [-0.05, 0) is 25.5 Å². The molecule has 4 nitrogen and oxygen atoms in total. The van der Waals surface area contributed by atoms with Crippen molar-refractivity contribution in [1.82, 2.24) is 9.88 Å². The van der Waals surface area contributed by atoms with Crippen LogP contribution in [0.25, 0.3) is 0 Å². The first kappa shape index (κ1) is 15.3. The van der Waals surface area contributed by atoms with E-state index in [0.717, 1.165) is 5.56 Å². The van der Waals surface area contributed by atoms with Gasteiger partial charge in [-0.3, -0.25) is 14.6 Å². The summed E-state index contributed by atoms with van der Waals surface area (Å²) in [6, 6.07) is 3.62. The van der Waals surface area contributed by atoms with Crippen molar-refractivity contribution in [2.45, 2.75) is 40.2 Å². The first-order valence-electron chi connectivity index (χ1n) is 6.57. The zero-order valence-corrected chi connectivity index (χ0v) is 12.3. The van der Waals surface area contributed by atoms with Crippen molar-refractivity contribution in [2.75, 3.05) is 7.05 Å². The molecule has 1 heterocycles. The predicted molar refractivity (Wildman–Crippen MR) is 75.0 cm³/mol. The second kappa shape index (κ2) is 6.45. The van der Waals surface area contributed by atoms with Crippen molar-refractivity contribution in [2.24, 2.45) is 5.92 Å². The molecule has 1 aromatic heterocycles. The zero-order chi connectivity index (χ0) is 14.6. The van der Waals surface area contributed by atoms with Crippen molar-refractivity contribution in [3.05, 3.63) is 29.6 Å². The van der Waals surface area contributed by atoms with E-state index in [4.69, 9.17) is 0 Å². The molecule has 0 atom stereocenters. The van der Waals surface area contributed by atoms with E-state index in [-0.39, 0.29) is 23.7 Å². The third-order valence-electron chi connectivity index (χ3n) is 3.16. The van der Waals surface area contributed by atoms with E-state index in [1.54, 1.807) is 30.3 Å². The lowest BCUT2D eigenvalue weighted by atomic mass is 10.0. The van der Waals surface area contributed by atoms with E-state index < -0.39 is 0 Å². The van der Waals surface area contributed by atoms with Gasteiger partial charge in [0.2, 0.25) is 0 Å². The number of amides is 1. The van der Waals surface area contributed by atoms with Crippen molar-refractivity contribution in [3.63, 3.8) is 0 Å². The number of carbonyl (C=O) groups is 2. The van der Waals surface area contributed by atoms with Crippen LogP contribution in [0.2, 0.25) is 0 Å². The lowest BCUT2D eigenvalue weighted by molar-refractivity contribution is -0.121. The Balaban J connectivity index is 2.77. The van der Waals surface area contributed by atoms with E-state index in [1.807, 2.05) is 27.7 Å². The van der Waals surface area contributed by atoms with Gasteiger partial charge in [-0.25, -0.2) is 0 Å². The Morgan fingerprint density at radius 3 is 2.26 bits per heavy atom. The van der Waals surface area contributed by atoms with Crippen LogP contribution in [0.15, 0.2) is 18.3 Å². The van der Waals surface area contributed by atoms with Crippen molar-refractivity contribution >= 4 is 11.7 Å². The number of aromatic nitrogens is 1. The third kappa shape index (κ3) is 4.16. The molecule has 19 heavy (non-hydrogen) atoms. The van der Waals surface area contributed by atoms with Gasteiger partial charge >= 0.3 is 0 Å². The van der Waals surface area contributed by atoms with Crippen molar-refractivity contribution in [3.8, 4) is 0 Å². The highest BCUT2D eigenvalue weighted by molar-refractivity contribution is 5.92. The maximum absolute atomic E-state index is 12.0. The van der Waals surface area contributed by atoms with Gasteiger partial charge in [-0.2, -0.15) is 0 Å². The Bertz CT molecular complexity index is 450. The fourth-order valence-corrected chi connectivity index (χ4v) is 1.48. The Morgan fingerprint density at radius 1 is 1.21 bits per heavy atom. The molecule has 1 aromatic rings. The van der Waals surface area contributed by atoms with E-state index in [0.29, 0.717) is 12.1 Å². The molecule has 0 bridgehead atoms.